The smallest absolute Gasteiger partial charge is 0.243 e. The summed E-state index contributed by atoms with van der Waals surface area (Å²) in [5, 5.41) is 2.86. The van der Waals surface area contributed by atoms with E-state index >= 15 is 0 Å². The van der Waals surface area contributed by atoms with E-state index in [1.165, 1.54) is 11.4 Å². The van der Waals surface area contributed by atoms with Crippen molar-refractivity contribution in [1.29, 1.82) is 0 Å². The second-order valence-electron chi connectivity index (χ2n) is 6.64. The molecule has 1 aromatic rings. The highest BCUT2D eigenvalue weighted by molar-refractivity contribution is 7.89. The van der Waals surface area contributed by atoms with Crippen LogP contribution >= 0.6 is 0 Å². The van der Waals surface area contributed by atoms with Gasteiger partial charge in [-0.1, -0.05) is 0 Å². The van der Waals surface area contributed by atoms with E-state index in [4.69, 9.17) is 9.47 Å². The number of hydrogen-bond acceptors (Lipinski definition) is 6. The summed E-state index contributed by atoms with van der Waals surface area (Å²) in [6, 6.07) is 4.80. The van der Waals surface area contributed by atoms with E-state index in [0.717, 1.165) is 6.54 Å². The molecule has 1 aliphatic heterocycles. The molecule has 1 aliphatic rings. The number of nitrogens with one attached hydrogen (secondary N) is 1. The Morgan fingerprint density at radius 1 is 1.30 bits per heavy atom. The Balaban J connectivity index is 2.07. The van der Waals surface area contributed by atoms with Crippen molar-refractivity contribution in [1.82, 2.24) is 14.5 Å². The normalized spacial score (nSPS) is 15.7. The number of rotatable bonds is 9. The van der Waals surface area contributed by atoms with Gasteiger partial charge in [-0.25, -0.2) is 8.42 Å². The SMILES string of the molecule is COc1ccc(S(=O)(=O)N2CCOCC2)cc1CCC(=O)NCCN(C)C. The van der Waals surface area contributed by atoms with E-state index in [0.29, 0.717) is 50.6 Å². The molecule has 1 aromatic carbocycles. The molecule has 1 saturated heterocycles. The molecule has 0 aromatic heterocycles. The zero-order valence-electron chi connectivity index (χ0n) is 16.2. The summed E-state index contributed by atoms with van der Waals surface area (Å²) in [7, 11) is 1.84. The fourth-order valence-electron chi connectivity index (χ4n) is 2.80. The molecule has 0 atom stereocenters. The topological polar surface area (TPSA) is 88.2 Å². The predicted octanol–water partition coefficient (Wildman–Crippen LogP) is 0.327. The first-order chi connectivity index (χ1) is 12.8. The van der Waals surface area contributed by atoms with Crippen LogP contribution in [-0.4, -0.2) is 84.1 Å². The molecule has 2 rings (SSSR count). The number of hydrogen-bond donors (Lipinski definition) is 1. The van der Waals surface area contributed by atoms with Crippen LogP contribution in [0.4, 0.5) is 0 Å². The van der Waals surface area contributed by atoms with Gasteiger partial charge in [0.15, 0.2) is 0 Å². The molecule has 152 valence electrons. The number of aryl methyl sites for hydroxylation is 1. The first kappa shape index (κ1) is 21.6. The lowest BCUT2D eigenvalue weighted by molar-refractivity contribution is -0.121. The maximum atomic E-state index is 12.8. The minimum Gasteiger partial charge on any atom is -0.496 e. The van der Waals surface area contributed by atoms with Crippen LogP contribution in [0, 0.1) is 0 Å². The first-order valence-electron chi connectivity index (χ1n) is 9.01. The van der Waals surface area contributed by atoms with Crippen molar-refractivity contribution in [2.45, 2.75) is 17.7 Å². The number of methoxy groups -OCH3 is 1. The molecule has 0 radical (unpaired) electrons. The molecule has 1 amide bonds. The zero-order valence-corrected chi connectivity index (χ0v) is 17.0. The second kappa shape index (κ2) is 10.0. The van der Waals surface area contributed by atoms with Gasteiger partial charge in [0.05, 0.1) is 25.2 Å². The summed E-state index contributed by atoms with van der Waals surface area (Å²) in [6.45, 7) is 2.83. The lowest BCUT2D eigenvalue weighted by Crippen LogP contribution is -2.40. The summed E-state index contributed by atoms with van der Waals surface area (Å²) in [6.07, 6.45) is 0.675. The Kier molecular flexibility index (Phi) is 8.03. The van der Waals surface area contributed by atoms with Crippen LogP contribution in [0.5, 0.6) is 5.75 Å². The van der Waals surface area contributed by atoms with E-state index < -0.39 is 10.0 Å². The average molecular weight is 400 g/mol. The van der Waals surface area contributed by atoms with Gasteiger partial charge in [-0.15, -0.1) is 0 Å². The molecule has 0 aliphatic carbocycles. The summed E-state index contributed by atoms with van der Waals surface area (Å²) in [4.78, 5) is 14.2. The van der Waals surface area contributed by atoms with Crippen LogP contribution in [0.15, 0.2) is 23.1 Å². The summed E-state index contributed by atoms with van der Waals surface area (Å²) in [5.74, 6) is 0.511. The van der Waals surface area contributed by atoms with Gasteiger partial charge in [0, 0.05) is 32.6 Å². The Bertz CT molecular complexity index is 731. The van der Waals surface area contributed by atoms with Crippen molar-refractivity contribution in [3.8, 4) is 5.75 Å². The molecule has 1 fully saturated rings. The molecular formula is C18H29N3O5S. The van der Waals surface area contributed by atoms with Gasteiger partial charge >= 0.3 is 0 Å². The number of carbonyl (C=O) groups is 1. The lowest BCUT2D eigenvalue weighted by Gasteiger charge is -2.26. The highest BCUT2D eigenvalue weighted by Gasteiger charge is 2.27. The summed E-state index contributed by atoms with van der Waals surface area (Å²) >= 11 is 0. The summed E-state index contributed by atoms with van der Waals surface area (Å²) in [5.41, 5.74) is 0.703. The van der Waals surface area contributed by atoms with E-state index in [1.54, 1.807) is 18.2 Å². The van der Waals surface area contributed by atoms with E-state index in [9.17, 15) is 13.2 Å². The molecule has 0 unspecified atom stereocenters. The molecular weight excluding hydrogens is 370 g/mol. The van der Waals surface area contributed by atoms with E-state index in [1.807, 2.05) is 19.0 Å². The standard InChI is InChI=1S/C18H29N3O5S/c1-20(2)9-8-19-18(22)7-4-15-14-16(5-6-17(15)25-3)27(23,24)21-10-12-26-13-11-21/h5-6,14H,4,7-13H2,1-3H3,(H,19,22). The van der Waals surface area contributed by atoms with Gasteiger partial charge in [0.2, 0.25) is 15.9 Å². The highest BCUT2D eigenvalue weighted by atomic mass is 32.2. The Hall–Kier alpha value is -1.68. The third kappa shape index (κ3) is 6.17. The number of ether oxygens (including phenoxy) is 2. The van der Waals surface area contributed by atoms with Crippen LogP contribution in [0.2, 0.25) is 0 Å². The van der Waals surface area contributed by atoms with Gasteiger partial charge in [-0.3, -0.25) is 4.79 Å². The van der Waals surface area contributed by atoms with E-state index in [-0.39, 0.29) is 17.2 Å². The number of sulfonamides is 1. The zero-order chi connectivity index (χ0) is 19.9. The van der Waals surface area contributed by atoms with Gasteiger partial charge in [0.25, 0.3) is 0 Å². The number of likely N-dealkylation sites (N-methyl/N-ethyl adjacent to an activating group) is 1. The first-order valence-corrected chi connectivity index (χ1v) is 10.4. The fourth-order valence-corrected chi connectivity index (χ4v) is 4.26. The minimum absolute atomic E-state index is 0.0691. The maximum Gasteiger partial charge on any atom is 0.243 e. The van der Waals surface area contributed by atoms with E-state index in [2.05, 4.69) is 5.32 Å². The minimum atomic E-state index is -3.58. The van der Waals surface area contributed by atoms with Crippen LogP contribution in [0.1, 0.15) is 12.0 Å². The van der Waals surface area contributed by atoms with Crippen molar-refractivity contribution in [2.24, 2.45) is 0 Å². The largest absolute Gasteiger partial charge is 0.496 e. The van der Waals surface area contributed by atoms with Gasteiger partial charge in [0.1, 0.15) is 5.75 Å². The number of nitrogens with zero attached hydrogens (tertiary/aromatic N) is 2. The maximum absolute atomic E-state index is 12.8. The van der Waals surface area contributed by atoms with Crippen molar-refractivity contribution < 1.29 is 22.7 Å². The van der Waals surface area contributed by atoms with Gasteiger partial charge in [-0.05, 0) is 44.3 Å². The monoisotopic (exact) mass is 399 g/mol. The van der Waals surface area contributed by atoms with Crippen molar-refractivity contribution in [3.63, 3.8) is 0 Å². The molecule has 0 bridgehead atoms. The third-order valence-electron chi connectivity index (χ3n) is 4.36. The third-order valence-corrected chi connectivity index (χ3v) is 6.26. The number of amides is 1. The van der Waals surface area contributed by atoms with Crippen LogP contribution in [0.25, 0.3) is 0 Å². The number of benzene rings is 1. The van der Waals surface area contributed by atoms with Crippen molar-refractivity contribution in [2.75, 3.05) is 60.6 Å². The average Bonchev–Trinajstić information content (AvgIpc) is 2.66. The second-order valence-corrected chi connectivity index (χ2v) is 8.58. The lowest BCUT2D eigenvalue weighted by atomic mass is 10.1. The molecule has 27 heavy (non-hydrogen) atoms. The molecule has 0 spiro atoms. The highest BCUT2D eigenvalue weighted by Crippen LogP contribution is 2.26. The van der Waals surface area contributed by atoms with Gasteiger partial charge < -0.3 is 19.7 Å². The van der Waals surface area contributed by atoms with Crippen LogP contribution < -0.4 is 10.1 Å². The fraction of sp³-hybridized carbons (Fsp3) is 0.611. The van der Waals surface area contributed by atoms with Crippen LogP contribution in [0.3, 0.4) is 0 Å². The summed E-state index contributed by atoms with van der Waals surface area (Å²) < 4.78 is 37.6. The number of carbonyl (C=O) groups excluding carboxylic acids is 1. The van der Waals surface area contributed by atoms with Crippen molar-refractivity contribution >= 4 is 15.9 Å². The van der Waals surface area contributed by atoms with Gasteiger partial charge in [-0.2, -0.15) is 4.31 Å². The molecule has 1 N–H and O–H groups in total. The predicted molar refractivity (Wildman–Crippen MR) is 102 cm³/mol. The van der Waals surface area contributed by atoms with Crippen LogP contribution in [-0.2, 0) is 26.0 Å². The molecule has 8 nitrogen and oxygen atoms in total. The number of morpholine rings is 1. The Labute approximate surface area is 161 Å². The molecule has 9 heteroatoms. The Morgan fingerprint density at radius 3 is 2.63 bits per heavy atom. The quantitative estimate of drug-likeness (QED) is 0.644. The Morgan fingerprint density at radius 2 is 2.00 bits per heavy atom. The molecule has 0 saturated carbocycles. The molecule has 1 heterocycles. The van der Waals surface area contributed by atoms with Crippen molar-refractivity contribution in [3.05, 3.63) is 23.8 Å².